The molecule has 2 aromatic rings. The minimum absolute atomic E-state index is 0.712. The van der Waals surface area contributed by atoms with Crippen molar-refractivity contribution in [3.05, 3.63) is 40.0 Å². The van der Waals surface area contributed by atoms with Crippen molar-refractivity contribution in [2.24, 2.45) is 0 Å². The van der Waals surface area contributed by atoms with Crippen molar-refractivity contribution in [2.75, 3.05) is 0 Å². The van der Waals surface area contributed by atoms with Gasteiger partial charge >= 0.3 is 0 Å². The number of benzene rings is 1. The summed E-state index contributed by atoms with van der Waals surface area (Å²) in [6.07, 6.45) is 1.67. The fourth-order valence-corrected chi connectivity index (χ4v) is 1.55. The third kappa shape index (κ3) is 1.32. The molecule has 0 bridgehead atoms. The van der Waals surface area contributed by atoms with E-state index in [9.17, 15) is 0 Å². The van der Waals surface area contributed by atoms with E-state index in [4.69, 9.17) is 11.6 Å². The van der Waals surface area contributed by atoms with Gasteiger partial charge in [-0.1, -0.05) is 33.6 Å². The van der Waals surface area contributed by atoms with Crippen molar-refractivity contribution in [3.8, 4) is 0 Å². The molecular formula is C9H4BrClN. The lowest BCUT2D eigenvalue weighted by molar-refractivity contribution is 1.40. The Labute approximate surface area is 83.5 Å². The molecular weight excluding hydrogens is 237 g/mol. The zero-order chi connectivity index (χ0) is 8.55. The third-order valence-corrected chi connectivity index (χ3v) is 2.36. The van der Waals surface area contributed by atoms with Gasteiger partial charge in [0.1, 0.15) is 0 Å². The molecule has 1 radical (unpaired) electrons. The molecule has 12 heavy (non-hydrogen) atoms. The van der Waals surface area contributed by atoms with Gasteiger partial charge in [-0.15, -0.1) is 0 Å². The maximum absolute atomic E-state index is 5.93. The largest absolute Gasteiger partial charge is 0.255 e. The molecule has 1 aromatic heterocycles. The van der Waals surface area contributed by atoms with E-state index in [0.717, 1.165) is 15.4 Å². The lowest BCUT2D eigenvalue weighted by atomic mass is 10.2. The van der Waals surface area contributed by atoms with Crippen molar-refractivity contribution in [1.82, 2.24) is 4.98 Å². The molecule has 0 saturated carbocycles. The highest BCUT2D eigenvalue weighted by molar-refractivity contribution is 9.10. The topological polar surface area (TPSA) is 12.9 Å². The van der Waals surface area contributed by atoms with E-state index in [1.807, 2.05) is 12.1 Å². The van der Waals surface area contributed by atoms with E-state index in [2.05, 4.69) is 27.0 Å². The monoisotopic (exact) mass is 240 g/mol. The Morgan fingerprint density at radius 1 is 1.33 bits per heavy atom. The van der Waals surface area contributed by atoms with Gasteiger partial charge in [0, 0.05) is 22.1 Å². The highest BCUT2D eigenvalue weighted by Gasteiger charge is 1.99. The van der Waals surface area contributed by atoms with Crippen molar-refractivity contribution >= 4 is 38.4 Å². The van der Waals surface area contributed by atoms with E-state index in [-0.39, 0.29) is 0 Å². The lowest BCUT2D eigenvalue weighted by Gasteiger charge is -1.97. The number of halogens is 2. The molecule has 0 aliphatic heterocycles. The Morgan fingerprint density at radius 2 is 2.17 bits per heavy atom. The molecule has 0 aliphatic carbocycles. The van der Waals surface area contributed by atoms with E-state index in [1.165, 1.54) is 0 Å². The number of hydrogen-bond donors (Lipinski definition) is 0. The van der Waals surface area contributed by atoms with Gasteiger partial charge in [-0.2, -0.15) is 0 Å². The molecule has 59 valence electrons. The van der Waals surface area contributed by atoms with Gasteiger partial charge in [0.25, 0.3) is 0 Å². The molecule has 1 aromatic carbocycles. The zero-order valence-electron chi connectivity index (χ0n) is 6.01. The van der Waals surface area contributed by atoms with Crippen molar-refractivity contribution in [1.29, 1.82) is 0 Å². The molecule has 0 unspecified atom stereocenters. The van der Waals surface area contributed by atoms with Gasteiger partial charge < -0.3 is 0 Å². The average Bonchev–Trinajstić information content (AvgIpc) is 2.04. The second-order valence-electron chi connectivity index (χ2n) is 2.36. The van der Waals surface area contributed by atoms with Gasteiger partial charge in [-0.3, -0.25) is 4.98 Å². The standard InChI is InChI=1S/C9H4BrClN/c10-6-1-2-7-8(11)3-4-12-9(7)5-6/h1-4H. The predicted octanol–water partition coefficient (Wildman–Crippen LogP) is 3.45. The summed E-state index contributed by atoms with van der Waals surface area (Å²) in [5.41, 5.74) is 0.789. The first kappa shape index (κ1) is 8.02. The molecule has 1 heterocycles. The Hall–Kier alpha value is -0.600. The van der Waals surface area contributed by atoms with Crippen LogP contribution in [0.25, 0.3) is 10.9 Å². The minimum Gasteiger partial charge on any atom is -0.255 e. The van der Waals surface area contributed by atoms with Gasteiger partial charge in [0.2, 0.25) is 0 Å². The number of pyridine rings is 1. The first-order valence-electron chi connectivity index (χ1n) is 3.39. The summed E-state index contributed by atoms with van der Waals surface area (Å²) in [6, 6.07) is 8.64. The summed E-state index contributed by atoms with van der Waals surface area (Å²) >= 11 is 9.25. The molecule has 0 atom stereocenters. The van der Waals surface area contributed by atoms with E-state index >= 15 is 0 Å². The summed E-state index contributed by atoms with van der Waals surface area (Å²) in [6.45, 7) is 0. The first-order chi connectivity index (χ1) is 5.77. The smallest absolute Gasteiger partial charge is 0.0807 e. The fraction of sp³-hybridized carbons (Fsp3) is 0. The molecule has 0 spiro atoms. The normalized spacial score (nSPS) is 10.5. The van der Waals surface area contributed by atoms with Gasteiger partial charge in [-0.25, -0.2) is 0 Å². The molecule has 2 rings (SSSR count). The summed E-state index contributed by atoms with van der Waals surface area (Å²) in [5.74, 6) is 0. The third-order valence-electron chi connectivity index (χ3n) is 1.57. The van der Waals surface area contributed by atoms with Crippen LogP contribution in [0.5, 0.6) is 0 Å². The molecule has 0 N–H and O–H groups in total. The van der Waals surface area contributed by atoms with Crippen molar-refractivity contribution in [2.45, 2.75) is 0 Å². The second-order valence-corrected chi connectivity index (χ2v) is 3.62. The molecule has 0 saturated heterocycles. The van der Waals surface area contributed by atoms with Crippen LogP contribution in [0.15, 0.2) is 28.9 Å². The van der Waals surface area contributed by atoms with E-state index in [0.29, 0.717) is 5.02 Å². The van der Waals surface area contributed by atoms with Gasteiger partial charge in [0.15, 0.2) is 0 Å². The Kier molecular flexibility index (Phi) is 2.03. The number of rotatable bonds is 0. The van der Waals surface area contributed by atoms with Crippen LogP contribution in [0, 0.1) is 6.07 Å². The average molecular weight is 241 g/mol. The van der Waals surface area contributed by atoms with Crippen LogP contribution in [-0.4, -0.2) is 4.98 Å². The number of aromatic nitrogens is 1. The van der Waals surface area contributed by atoms with Crippen LogP contribution in [0.1, 0.15) is 0 Å². The molecule has 0 fully saturated rings. The Bertz CT molecular complexity index is 428. The van der Waals surface area contributed by atoms with Crippen LogP contribution < -0.4 is 0 Å². The lowest BCUT2D eigenvalue weighted by Crippen LogP contribution is -1.78. The first-order valence-corrected chi connectivity index (χ1v) is 4.56. The molecule has 0 amide bonds. The van der Waals surface area contributed by atoms with Gasteiger partial charge in [0.05, 0.1) is 10.5 Å². The molecule has 3 heteroatoms. The molecule has 1 nitrogen and oxygen atoms in total. The minimum atomic E-state index is 0.712. The highest BCUT2D eigenvalue weighted by atomic mass is 79.9. The summed E-state index contributed by atoms with van der Waals surface area (Å²) in [7, 11) is 0. The highest BCUT2D eigenvalue weighted by Crippen LogP contribution is 2.23. The SMILES string of the molecule is Clc1ccnc2[c]c(Br)ccc12. The fourth-order valence-electron chi connectivity index (χ4n) is 1.02. The Balaban J connectivity index is 2.86. The van der Waals surface area contributed by atoms with Crippen LogP contribution in [0.4, 0.5) is 0 Å². The van der Waals surface area contributed by atoms with Crippen LogP contribution in [-0.2, 0) is 0 Å². The quantitative estimate of drug-likeness (QED) is 0.688. The summed E-state index contributed by atoms with van der Waals surface area (Å²) in [4.78, 5) is 4.13. The van der Waals surface area contributed by atoms with Crippen molar-refractivity contribution < 1.29 is 0 Å². The van der Waals surface area contributed by atoms with E-state index in [1.54, 1.807) is 12.3 Å². The Morgan fingerprint density at radius 3 is 3.00 bits per heavy atom. The van der Waals surface area contributed by atoms with E-state index < -0.39 is 0 Å². The number of hydrogen-bond acceptors (Lipinski definition) is 1. The number of fused-ring (bicyclic) bond motifs is 1. The maximum atomic E-state index is 5.93. The van der Waals surface area contributed by atoms with Crippen LogP contribution in [0.3, 0.4) is 0 Å². The predicted molar refractivity (Wildman–Crippen MR) is 53.3 cm³/mol. The second kappa shape index (κ2) is 3.04. The van der Waals surface area contributed by atoms with Crippen molar-refractivity contribution in [3.63, 3.8) is 0 Å². The molecule has 0 aliphatic rings. The maximum Gasteiger partial charge on any atom is 0.0807 e. The van der Waals surface area contributed by atoms with Crippen LogP contribution in [0.2, 0.25) is 5.02 Å². The summed E-state index contributed by atoms with van der Waals surface area (Å²) < 4.78 is 0.893. The zero-order valence-corrected chi connectivity index (χ0v) is 8.35. The van der Waals surface area contributed by atoms with Crippen LogP contribution >= 0.6 is 27.5 Å². The number of nitrogens with zero attached hydrogens (tertiary/aromatic N) is 1. The summed E-state index contributed by atoms with van der Waals surface area (Å²) in [5, 5.41) is 1.64. The van der Waals surface area contributed by atoms with Gasteiger partial charge in [-0.05, 0) is 12.1 Å².